The van der Waals surface area contributed by atoms with Crippen LogP contribution in [0.4, 0.5) is 4.39 Å². The molecule has 36 heavy (non-hydrogen) atoms. The van der Waals surface area contributed by atoms with Crippen LogP contribution in [0.1, 0.15) is 48.2 Å². The molecule has 1 N–H and O–H groups in total. The van der Waals surface area contributed by atoms with E-state index in [9.17, 15) is 14.0 Å². The van der Waals surface area contributed by atoms with Crippen LogP contribution >= 0.6 is 0 Å². The Morgan fingerprint density at radius 2 is 2.03 bits per heavy atom. The highest BCUT2D eigenvalue weighted by atomic mass is 19.1. The van der Waals surface area contributed by atoms with Crippen LogP contribution in [-0.2, 0) is 22.6 Å². The molecule has 0 bridgehead atoms. The number of aryl methyl sites for hydroxylation is 2. The first-order valence-electron chi connectivity index (χ1n) is 12.2. The summed E-state index contributed by atoms with van der Waals surface area (Å²) in [4.78, 5) is 26.9. The number of halogens is 1. The Morgan fingerprint density at radius 3 is 2.69 bits per heavy atom. The van der Waals surface area contributed by atoms with Gasteiger partial charge in [0, 0.05) is 37.7 Å². The molecule has 0 radical (unpaired) electrons. The number of nitrogens with one attached hydrogen (secondary N) is 1. The Morgan fingerprint density at radius 1 is 1.22 bits per heavy atom. The van der Waals surface area contributed by atoms with E-state index in [1.165, 1.54) is 13.2 Å². The largest absolute Gasteiger partial charge is 0.497 e. The molecule has 2 aromatic carbocycles. The molecule has 4 rings (SSSR count). The van der Waals surface area contributed by atoms with Crippen molar-refractivity contribution in [1.82, 2.24) is 20.0 Å². The zero-order chi connectivity index (χ0) is 25.9. The fourth-order valence-corrected chi connectivity index (χ4v) is 4.94. The van der Waals surface area contributed by atoms with E-state index in [0.717, 1.165) is 22.6 Å². The molecule has 1 aliphatic heterocycles. The van der Waals surface area contributed by atoms with Crippen molar-refractivity contribution in [3.8, 4) is 11.4 Å². The number of carbonyl (C=O) groups excluding carboxylic acids is 2. The Balaban J connectivity index is 1.42. The van der Waals surface area contributed by atoms with Crippen molar-refractivity contribution < 1.29 is 18.7 Å². The van der Waals surface area contributed by atoms with E-state index in [4.69, 9.17) is 4.74 Å². The highest BCUT2D eigenvalue weighted by Gasteiger charge is 2.38. The smallest absolute Gasteiger partial charge is 0.222 e. The van der Waals surface area contributed by atoms with Crippen molar-refractivity contribution in [2.75, 3.05) is 14.2 Å². The molecule has 0 spiro atoms. The minimum atomic E-state index is -0.657. The maximum atomic E-state index is 14.5. The van der Waals surface area contributed by atoms with Gasteiger partial charge in [0.05, 0.1) is 18.5 Å². The maximum absolute atomic E-state index is 14.5. The van der Waals surface area contributed by atoms with E-state index < -0.39 is 5.54 Å². The quantitative estimate of drug-likeness (QED) is 0.484. The number of carbonyl (C=O) groups is 2. The summed E-state index contributed by atoms with van der Waals surface area (Å²) in [6, 6.07) is 14.6. The van der Waals surface area contributed by atoms with E-state index in [-0.39, 0.29) is 24.1 Å². The number of ether oxygens (including phenoxy) is 1. The molecule has 8 heteroatoms. The predicted octanol–water partition coefficient (Wildman–Crippen LogP) is 4.27. The Labute approximate surface area is 211 Å². The van der Waals surface area contributed by atoms with Crippen molar-refractivity contribution in [2.45, 2.75) is 58.0 Å². The molecule has 2 heterocycles. The Hall–Kier alpha value is -3.68. The molecule has 1 aliphatic rings. The van der Waals surface area contributed by atoms with Crippen molar-refractivity contribution in [3.63, 3.8) is 0 Å². The summed E-state index contributed by atoms with van der Waals surface area (Å²) in [5, 5.41) is 7.57. The molecule has 1 aromatic heterocycles. The van der Waals surface area contributed by atoms with Gasteiger partial charge in [0.15, 0.2) is 0 Å². The number of methoxy groups -OCH3 is 1. The Bertz CT molecular complexity index is 1270. The molecular formula is C28H33FN4O3. The third-order valence-corrected chi connectivity index (χ3v) is 6.84. The third kappa shape index (κ3) is 5.75. The third-order valence-electron chi connectivity index (χ3n) is 6.84. The maximum Gasteiger partial charge on any atom is 0.222 e. The van der Waals surface area contributed by atoms with E-state index in [2.05, 4.69) is 10.4 Å². The summed E-state index contributed by atoms with van der Waals surface area (Å²) in [5.74, 6) is 0.116. The minimum absolute atomic E-state index is 0.0295. The van der Waals surface area contributed by atoms with Gasteiger partial charge in [0.2, 0.25) is 11.8 Å². The number of benzene rings is 2. The molecule has 3 aromatic rings. The van der Waals surface area contributed by atoms with Crippen LogP contribution < -0.4 is 10.1 Å². The average Bonchev–Trinajstić information content (AvgIpc) is 3.39. The molecule has 7 nitrogen and oxygen atoms in total. The summed E-state index contributed by atoms with van der Waals surface area (Å²) in [7, 11) is 3.31. The first kappa shape index (κ1) is 25.4. The molecule has 1 atom stereocenters. The number of amides is 2. The molecule has 1 saturated heterocycles. The zero-order valence-corrected chi connectivity index (χ0v) is 21.3. The SMILES string of the molecule is COc1ccc(F)c(CC2(CCC(=O)N(C)Cc3cccc(-n4nc(C)cc4C)c3)CCC(=O)N2)c1. The second-order valence-corrected chi connectivity index (χ2v) is 9.72. The number of hydrogen-bond donors (Lipinski definition) is 1. The topological polar surface area (TPSA) is 76.5 Å². The summed E-state index contributed by atoms with van der Waals surface area (Å²) in [6.07, 6.45) is 1.92. The number of aromatic nitrogens is 2. The monoisotopic (exact) mass is 492 g/mol. The molecule has 0 aliphatic carbocycles. The van der Waals surface area contributed by atoms with Crippen molar-refractivity contribution in [2.24, 2.45) is 0 Å². The molecule has 0 saturated carbocycles. The summed E-state index contributed by atoms with van der Waals surface area (Å²) in [6.45, 7) is 4.43. The Kier molecular flexibility index (Phi) is 7.43. The lowest BCUT2D eigenvalue weighted by molar-refractivity contribution is -0.131. The van der Waals surface area contributed by atoms with Crippen LogP contribution in [0.5, 0.6) is 5.75 Å². The van der Waals surface area contributed by atoms with Gasteiger partial charge in [-0.2, -0.15) is 5.10 Å². The molecule has 1 fully saturated rings. The van der Waals surface area contributed by atoms with Crippen LogP contribution in [0.25, 0.3) is 5.69 Å². The second kappa shape index (κ2) is 10.5. The van der Waals surface area contributed by atoms with Gasteiger partial charge >= 0.3 is 0 Å². The van der Waals surface area contributed by atoms with Crippen LogP contribution in [0.2, 0.25) is 0 Å². The fourth-order valence-electron chi connectivity index (χ4n) is 4.94. The number of hydrogen-bond acceptors (Lipinski definition) is 4. The van der Waals surface area contributed by atoms with Gasteiger partial charge in [0.1, 0.15) is 11.6 Å². The lowest BCUT2D eigenvalue weighted by Gasteiger charge is -2.30. The molecule has 190 valence electrons. The lowest BCUT2D eigenvalue weighted by Crippen LogP contribution is -2.44. The van der Waals surface area contributed by atoms with Crippen molar-refractivity contribution in [3.05, 3.63) is 76.9 Å². The second-order valence-electron chi connectivity index (χ2n) is 9.72. The van der Waals surface area contributed by atoms with Crippen molar-refractivity contribution >= 4 is 11.8 Å². The van der Waals surface area contributed by atoms with Gasteiger partial charge in [0.25, 0.3) is 0 Å². The van der Waals surface area contributed by atoms with E-state index in [1.807, 2.05) is 48.9 Å². The highest BCUT2D eigenvalue weighted by Crippen LogP contribution is 2.32. The van der Waals surface area contributed by atoms with Gasteiger partial charge < -0.3 is 15.0 Å². The molecule has 1 unspecified atom stereocenters. The minimum Gasteiger partial charge on any atom is -0.497 e. The fraction of sp³-hybridized carbons (Fsp3) is 0.393. The van der Waals surface area contributed by atoms with Crippen LogP contribution in [0.15, 0.2) is 48.5 Å². The van der Waals surface area contributed by atoms with Gasteiger partial charge in [-0.1, -0.05) is 12.1 Å². The normalized spacial score (nSPS) is 17.2. The zero-order valence-electron chi connectivity index (χ0n) is 21.3. The lowest BCUT2D eigenvalue weighted by atomic mass is 9.84. The number of nitrogens with zero attached hydrogens (tertiary/aromatic N) is 3. The summed E-state index contributed by atoms with van der Waals surface area (Å²) >= 11 is 0. The van der Waals surface area contributed by atoms with Crippen molar-refractivity contribution in [1.29, 1.82) is 0 Å². The number of rotatable bonds is 9. The van der Waals surface area contributed by atoms with E-state index in [0.29, 0.717) is 43.5 Å². The van der Waals surface area contributed by atoms with Crippen LogP contribution in [0.3, 0.4) is 0 Å². The predicted molar refractivity (Wildman–Crippen MR) is 136 cm³/mol. The van der Waals surface area contributed by atoms with Crippen LogP contribution in [0, 0.1) is 19.7 Å². The molecule has 2 amide bonds. The average molecular weight is 493 g/mol. The first-order chi connectivity index (χ1) is 17.2. The summed E-state index contributed by atoms with van der Waals surface area (Å²) < 4.78 is 21.7. The summed E-state index contributed by atoms with van der Waals surface area (Å²) in [5.41, 5.74) is 3.76. The highest BCUT2D eigenvalue weighted by molar-refractivity contribution is 5.80. The first-order valence-corrected chi connectivity index (χ1v) is 12.2. The van der Waals surface area contributed by atoms with Gasteiger partial charge in [-0.05, 0) is 80.6 Å². The van der Waals surface area contributed by atoms with Gasteiger partial charge in [-0.25, -0.2) is 9.07 Å². The molecular weight excluding hydrogens is 459 g/mol. The standard InChI is InChI=1S/C28H33FN4O3/c1-19-14-20(2)33(31-19)23-7-5-6-21(15-23)18-32(3)27(35)11-13-28(12-10-26(34)30-28)17-22-16-24(36-4)8-9-25(22)29/h5-9,14-16H,10-13,17-18H2,1-4H3,(H,30,34). The van der Waals surface area contributed by atoms with Gasteiger partial charge in [-0.3, -0.25) is 9.59 Å². The van der Waals surface area contributed by atoms with Crippen LogP contribution in [-0.4, -0.2) is 46.2 Å². The van der Waals surface area contributed by atoms with Gasteiger partial charge in [-0.15, -0.1) is 0 Å². The van der Waals surface area contributed by atoms with E-state index in [1.54, 1.807) is 24.1 Å². The van der Waals surface area contributed by atoms with E-state index >= 15 is 0 Å².